The minimum Gasteiger partial charge on any atom is -0.375 e. The summed E-state index contributed by atoms with van der Waals surface area (Å²) < 4.78 is 7.40. The van der Waals surface area contributed by atoms with E-state index in [0.29, 0.717) is 6.61 Å². The van der Waals surface area contributed by atoms with Crippen LogP contribution in [0.25, 0.3) is 0 Å². The Morgan fingerprint density at radius 2 is 2.23 bits per heavy atom. The first-order valence-electron chi connectivity index (χ1n) is 4.12. The fraction of sp³-hybridized carbons (Fsp3) is 0.625. The van der Waals surface area contributed by atoms with Crippen LogP contribution in [0.15, 0.2) is 7.70 Å². The molecule has 74 valence electrons. The molecule has 0 atom stereocenters. The average Bonchev–Trinajstić information content (AvgIpc) is 2.39. The second-order valence-corrected chi connectivity index (χ2v) is 6.19. The number of nitrogens with zero attached hydrogens (tertiary/aromatic N) is 1. The molecule has 1 heterocycles. The lowest BCUT2D eigenvalue weighted by Gasteiger charge is -2.00. The highest BCUT2D eigenvalue weighted by Crippen LogP contribution is 2.28. The molecule has 1 aromatic heterocycles. The Bertz CT molecular complexity index is 265. The van der Waals surface area contributed by atoms with Crippen molar-refractivity contribution in [1.29, 1.82) is 0 Å². The van der Waals surface area contributed by atoms with Gasteiger partial charge in [0.1, 0.15) is 0 Å². The van der Waals surface area contributed by atoms with Crippen LogP contribution in [0.2, 0.25) is 0 Å². The zero-order chi connectivity index (χ0) is 9.68. The van der Waals surface area contributed by atoms with E-state index in [4.69, 9.17) is 4.74 Å². The SMILES string of the molecule is CCCCOCc1nc(Br)sc1Br. The van der Waals surface area contributed by atoms with E-state index >= 15 is 0 Å². The Labute approximate surface area is 99.0 Å². The second kappa shape index (κ2) is 6.11. The normalized spacial score (nSPS) is 10.7. The molecule has 0 bridgehead atoms. The number of thiazole rings is 1. The van der Waals surface area contributed by atoms with E-state index in [1.165, 1.54) is 6.42 Å². The molecule has 0 aromatic carbocycles. The van der Waals surface area contributed by atoms with E-state index in [2.05, 4.69) is 43.8 Å². The summed E-state index contributed by atoms with van der Waals surface area (Å²) in [6.07, 6.45) is 2.28. The second-order valence-electron chi connectivity index (χ2n) is 2.59. The van der Waals surface area contributed by atoms with Crippen LogP contribution in [0.3, 0.4) is 0 Å². The van der Waals surface area contributed by atoms with Gasteiger partial charge in [0.15, 0.2) is 3.92 Å². The van der Waals surface area contributed by atoms with Crippen molar-refractivity contribution >= 4 is 43.2 Å². The van der Waals surface area contributed by atoms with E-state index in [-0.39, 0.29) is 0 Å². The lowest BCUT2D eigenvalue weighted by molar-refractivity contribution is 0.115. The molecule has 0 saturated heterocycles. The molecule has 0 amide bonds. The maximum absolute atomic E-state index is 5.45. The van der Waals surface area contributed by atoms with Crippen molar-refractivity contribution in [3.63, 3.8) is 0 Å². The minimum absolute atomic E-state index is 0.600. The highest BCUT2D eigenvalue weighted by atomic mass is 79.9. The minimum atomic E-state index is 0.600. The summed E-state index contributed by atoms with van der Waals surface area (Å²) in [5.74, 6) is 0. The molecule has 0 aliphatic heterocycles. The fourth-order valence-corrected chi connectivity index (χ4v) is 3.35. The van der Waals surface area contributed by atoms with Crippen molar-refractivity contribution in [3.05, 3.63) is 13.4 Å². The first-order chi connectivity index (χ1) is 6.24. The summed E-state index contributed by atoms with van der Waals surface area (Å²) in [5, 5.41) is 0. The quantitative estimate of drug-likeness (QED) is 0.762. The van der Waals surface area contributed by atoms with Gasteiger partial charge in [0.2, 0.25) is 0 Å². The lowest BCUT2D eigenvalue weighted by atomic mass is 10.4. The number of hydrogen-bond acceptors (Lipinski definition) is 3. The van der Waals surface area contributed by atoms with Gasteiger partial charge in [-0.05, 0) is 38.3 Å². The number of aromatic nitrogens is 1. The van der Waals surface area contributed by atoms with Crippen molar-refractivity contribution in [1.82, 2.24) is 4.98 Å². The van der Waals surface area contributed by atoms with Crippen LogP contribution in [0.5, 0.6) is 0 Å². The Morgan fingerprint density at radius 3 is 2.77 bits per heavy atom. The van der Waals surface area contributed by atoms with E-state index in [1.807, 2.05) is 0 Å². The number of unbranched alkanes of at least 4 members (excludes halogenated alkanes) is 1. The van der Waals surface area contributed by atoms with Gasteiger partial charge in [-0.3, -0.25) is 0 Å². The van der Waals surface area contributed by atoms with Gasteiger partial charge in [0, 0.05) is 6.61 Å². The summed E-state index contributed by atoms with van der Waals surface area (Å²) in [5.41, 5.74) is 0.980. The maximum Gasteiger partial charge on any atom is 0.160 e. The van der Waals surface area contributed by atoms with Gasteiger partial charge in [-0.15, -0.1) is 0 Å². The van der Waals surface area contributed by atoms with E-state index in [1.54, 1.807) is 11.3 Å². The zero-order valence-corrected chi connectivity index (χ0v) is 11.3. The summed E-state index contributed by atoms with van der Waals surface area (Å²) in [6, 6.07) is 0. The highest BCUT2D eigenvalue weighted by molar-refractivity contribution is 9.12. The van der Waals surface area contributed by atoms with E-state index < -0.39 is 0 Å². The molecule has 13 heavy (non-hydrogen) atoms. The topological polar surface area (TPSA) is 22.1 Å². The molecule has 0 spiro atoms. The summed E-state index contributed by atoms with van der Waals surface area (Å²) in [7, 11) is 0. The van der Waals surface area contributed by atoms with Gasteiger partial charge in [-0.25, -0.2) is 4.98 Å². The van der Waals surface area contributed by atoms with Crippen LogP contribution in [0, 0.1) is 0 Å². The smallest absolute Gasteiger partial charge is 0.160 e. The van der Waals surface area contributed by atoms with Crippen LogP contribution in [-0.4, -0.2) is 11.6 Å². The molecule has 0 fully saturated rings. The van der Waals surface area contributed by atoms with Crippen LogP contribution < -0.4 is 0 Å². The predicted octanol–water partition coefficient (Wildman–Crippen LogP) is 3.98. The predicted molar refractivity (Wildman–Crippen MR) is 62.1 cm³/mol. The summed E-state index contributed by atoms with van der Waals surface area (Å²) in [6.45, 7) is 3.57. The number of halogens is 2. The molecule has 0 aliphatic rings. The third-order valence-electron chi connectivity index (χ3n) is 1.50. The van der Waals surface area contributed by atoms with Crippen molar-refractivity contribution < 1.29 is 4.74 Å². The zero-order valence-electron chi connectivity index (χ0n) is 7.35. The first kappa shape index (κ1) is 11.6. The van der Waals surface area contributed by atoms with Crippen molar-refractivity contribution in [3.8, 4) is 0 Å². The Kier molecular flexibility index (Phi) is 5.47. The van der Waals surface area contributed by atoms with Crippen molar-refractivity contribution in [2.75, 3.05) is 6.61 Å². The monoisotopic (exact) mass is 327 g/mol. The Balaban J connectivity index is 2.32. The molecule has 0 N–H and O–H groups in total. The Morgan fingerprint density at radius 1 is 1.46 bits per heavy atom. The van der Waals surface area contributed by atoms with Crippen LogP contribution in [0.4, 0.5) is 0 Å². The standard InChI is InChI=1S/C8H11Br2NOS/c1-2-3-4-12-5-6-7(9)13-8(10)11-6/h2-5H2,1H3. The maximum atomic E-state index is 5.45. The van der Waals surface area contributed by atoms with Crippen LogP contribution in [0.1, 0.15) is 25.5 Å². The molecule has 0 unspecified atom stereocenters. The van der Waals surface area contributed by atoms with Crippen molar-refractivity contribution in [2.45, 2.75) is 26.4 Å². The highest BCUT2D eigenvalue weighted by Gasteiger charge is 2.06. The van der Waals surface area contributed by atoms with Gasteiger partial charge >= 0.3 is 0 Å². The Hall–Kier alpha value is 0.550. The van der Waals surface area contributed by atoms with Gasteiger partial charge in [-0.1, -0.05) is 24.7 Å². The van der Waals surface area contributed by atoms with Crippen LogP contribution in [-0.2, 0) is 11.3 Å². The number of rotatable bonds is 5. The molecular weight excluding hydrogens is 318 g/mol. The average molecular weight is 329 g/mol. The molecule has 5 heteroatoms. The van der Waals surface area contributed by atoms with E-state index in [0.717, 1.165) is 26.4 Å². The fourth-order valence-electron chi connectivity index (χ4n) is 0.810. The third kappa shape index (κ3) is 4.06. The van der Waals surface area contributed by atoms with Crippen molar-refractivity contribution in [2.24, 2.45) is 0 Å². The van der Waals surface area contributed by atoms with Gasteiger partial charge in [-0.2, -0.15) is 0 Å². The van der Waals surface area contributed by atoms with Gasteiger partial charge in [0.25, 0.3) is 0 Å². The molecule has 0 radical (unpaired) electrons. The molecular formula is C8H11Br2NOS. The molecule has 1 rings (SSSR count). The third-order valence-corrected chi connectivity index (χ3v) is 3.79. The van der Waals surface area contributed by atoms with Gasteiger partial charge < -0.3 is 4.74 Å². The summed E-state index contributed by atoms with van der Waals surface area (Å²) >= 11 is 8.33. The van der Waals surface area contributed by atoms with E-state index in [9.17, 15) is 0 Å². The number of ether oxygens (including phenoxy) is 1. The summed E-state index contributed by atoms with van der Waals surface area (Å²) in [4.78, 5) is 4.27. The molecule has 0 aliphatic carbocycles. The molecule has 1 aromatic rings. The molecule has 0 saturated carbocycles. The van der Waals surface area contributed by atoms with Crippen LogP contribution >= 0.6 is 43.2 Å². The largest absolute Gasteiger partial charge is 0.375 e. The number of hydrogen-bond donors (Lipinski definition) is 0. The first-order valence-corrected chi connectivity index (χ1v) is 6.52. The lowest BCUT2D eigenvalue weighted by Crippen LogP contribution is -1.95. The van der Waals surface area contributed by atoms with Gasteiger partial charge in [0.05, 0.1) is 16.1 Å². The molecule has 2 nitrogen and oxygen atoms in total.